The highest BCUT2D eigenvalue weighted by Gasteiger charge is 2.32. The lowest BCUT2D eigenvalue weighted by atomic mass is 10.0. The molecule has 0 saturated heterocycles. The van der Waals surface area contributed by atoms with Crippen LogP contribution >= 0.6 is 0 Å². The van der Waals surface area contributed by atoms with Crippen molar-refractivity contribution in [3.8, 4) is 0 Å². The average Bonchev–Trinajstić information content (AvgIpc) is 2.95. The Bertz CT molecular complexity index is 1480. The second-order valence-electron chi connectivity index (χ2n) is 10.5. The van der Waals surface area contributed by atoms with Gasteiger partial charge in [0, 0.05) is 32.5 Å². The van der Waals surface area contributed by atoms with Crippen LogP contribution in [0, 0.1) is 6.92 Å². The smallest absolute Gasteiger partial charge is 0.354 e. The molecular weight excluding hydrogens is 579 g/mol. The number of benzene rings is 3. The van der Waals surface area contributed by atoms with E-state index in [2.05, 4.69) is 5.32 Å². The number of alkyl halides is 3. The maximum Gasteiger partial charge on any atom is 0.416 e. The third-order valence-electron chi connectivity index (χ3n) is 6.87. The monoisotopic (exact) mass is 617 g/mol. The minimum absolute atomic E-state index is 0.0289. The van der Waals surface area contributed by atoms with E-state index in [0.717, 1.165) is 45.5 Å². The summed E-state index contributed by atoms with van der Waals surface area (Å²) in [5.41, 5.74) is 1.58. The van der Waals surface area contributed by atoms with Gasteiger partial charge < -0.3 is 10.2 Å². The number of amides is 2. The van der Waals surface area contributed by atoms with Gasteiger partial charge in [0.25, 0.3) is 0 Å². The Morgan fingerprint density at radius 1 is 0.930 bits per heavy atom. The number of halogens is 3. The second kappa shape index (κ2) is 15.0. The number of nitrogens with zero attached hydrogens (tertiary/aromatic N) is 2. The fraction of sp³-hybridized carbons (Fsp3) is 0.375. The van der Waals surface area contributed by atoms with Gasteiger partial charge in [-0.3, -0.25) is 13.9 Å². The van der Waals surface area contributed by atoms with Crippen LogP contribution < -0.4 is 9.62 Å². The molecule has 11 heteroatoms. The predicted molar refractivity (Wildman–Crippen MR) is 162 cm³/mol. The number of rotatable bonds is 14. The average molecular weight is 618 g/mol. The number of aryl methyl sites for hydroxylation is 1. The van der Waals surface area contributed by atoms with Crippen molar-refractivity contribution >= 4 is 27.5 Å². The largest absolute Gasteiger partial charge is 0.416 e. The standard InChI is InChI=1S/C32H38F3N3O4S/c1-4-18-36-31(40)29(21-25-12-6-5-7-13-25)37(23-26-14-8-11-24(2)20-26)30(39)17-10-19-38(43(3,41)42)28-16-9-15-27(22-28)32(33,34)35/h5-9,11-16,20,22,29H,4,10,17-19,21,23H2,1-3H3,(H,36,40)/t29-/m0/s1. The lowest BCUT2D eigenvalue weighted by molar-refractivity contribution is -0.141. The van der Waals surface area contributed by atoms with Gasteiger partial charge in [-0.25, -0.2) is 8.42 Å². The van der Waals surface area contributed by atoms with Crippen LogP contribution in [-0.2, 0) is 38.8 Å². The van der Waals surface area contributed by atoms with Crippen molar-refractivity contribution in [2.75, 3.05) is 23.7 Å². The first-order valence-electron chi connectivity index (χ1n) is 14.1. The summed E-state index contributed by atoms with van der Waals surface area (Å²) in [6.45, 7) is 4.24. The van der Waals surface area contributed by atoms with Crippen LogP contribution in [0.15, 0.2) is 78.9 Å². The van der Waals surface area contributed by atoms with Gasteiger partial charge in [-0.1, -0.05) is 73.2 Å². The summed E-state index contributed by atoms with van der Waals surface area (Å²) in [6, 6.07) is 20.2. The predicted octanol–water partition coefficient (Wildman–Crippen LogP) is 5.73. The molecule has 3 rings (SSSR count). The molecule has 0 heterocycles. The molecule has 43 heavy (non-hydrogen) atoms. The van der Waals surface area contributed by atoms with Crippen molar-refractivity contribution in [2.24, 2.45) is 0 Å². The number of hydrogen-bond acceptors (Lipinski definition) is 4. The van der Waals surface area contributed by atoms with Crippen molar-refractivity contribution in [3.63, 3.8) is 0 Å². The van der Waals surface area contributed by atoms with Crippen molar-refractivity contribution < 1.29 is 31.2 Å². The Morgan fingerprint density at radius 2 is 1.60 bits per heavy atom. The van der Waals surface area contributed by atoms with Gasteiger partial charge in [0.15, 0.2) is 0 Å². The second-order valence-corrected chi connectivity index (χ2v) is 12.4. The first-order chi connectivity index (χ1) is 20.3. The molecule has 0 saturated carbocycles. The molecule has 1 atom stereocenters. The number of nitrogens with one attached hydrogen (secondary N) is 1. The number of carbonyl (C=O) groups excluding carboxylic acids is 2. The molecule has 1 N–H and O–H groups in total. The molecule has 7 nitrogen and oxygen atoms in total. The summed E-state index contributed by atoms with van der Waals surface area (Å²) in [4.78, 5) is 28.8. The van der Waals surface area contributed by atoms with E-state index < -0.39 is 27.8 Å². The number of sulfonamides is 1. The van der Waals surface area contributed by atoms with E-state index in [-0.39, 0.29) is 49.9 Å². The van der Waals surface area contributed by atoms with Crippen LogP contribution in [0.25, 0.3) is 0 Å². The topological polar surface area (TPSA) is 86.8 Å². The molecule has 0 aromatic heterocycles. The highest BCUT2D eigenvalue weighted by molar-refractivity contribution is 7.92. The minimum atomic E-state index is -4.64. The lowest BCUT2D eigenvalue weighted by Gasteiger charge is -2.32. The fourth-order valence-electron chi connectivity index (χ4n) is 4.77. The van der Waals surface area contributed by atoms with E-state index in [1.807, 2.05) is 68.4 Å². The van der Waals surface area contributed by atoms with Crippen LogP contribution in [0.4, 0.5) is 18.9 Å². The molecule has 0 unspecified atom stereocenters. The van der Waals surface area contributed by atoms with Gasteiger partial charge in [-0.05, 0) is 49.1 Å². The Balaban J connectivity index is 1.89. The molecule has 0 radical (unpaired) electrons. The molecule has 0 aliphatic heterocycles. The summed E-state index contributed by atoms with van der Waals surface area (Å²) in [7, 11) is -3.96. The van der Waals surface area contributed by atoms with Crippen LogP contribution in [-0.4, -0.2) is 50.5 Å². The minimum Gasteiger partial charge on any atom is -0.354 e. The SMILES string of the molecule is CCCNC(=O)[C@H](Cc1ccccc1)N(Cc1cccc(C)c1)C(=O)CCCN(c1cccc(C(F)(F)F)c1)S(C)(=O)=O. The maximum atomic E-state index is 13.8. The number of anilines is 1. The first-order valence-corrected chi connectivity index (χ1v) is 16.0. The number of carbonyl (C=O) groups is 2. The Labute approximate surface area is 251 Å². The fourth-order valence-corrected chi connectivity index (χ4v) is 5.73. The zero-order valence-electron chi connectivity index (χ0n) is 24.6. The van der Waals surface area contributed by atoms with Crippen LogP contribution in [0.1, 0.15) is 48.4 Å². The third-order valence-corrected chi connectivity index (χ3v) is 8.06. The molecule has 0 aliphatic rings. The summed E-state index contributed by atoms with van der Waals surface area (Å²) < 4.78 is 65.9. The van der Waals surface area contributed by atoms with Gasteiger partial charge >= 0.3 is 6.18 Å². The van der Waals surface area contributed by atoms with Gasteiger partial charge in [0.05, 0.1) is 17.5 Å². The van der Waals surface area contributed by atoms with Crippen molar-refractivity contribution in [3.05, 3.63) is 101 Å². The zero-order chi connectivity index (χ0) is 31.6. The van der Waals surface area contributed by atoms with E-state index in [1.165, 1.54) is 11.0 Å². The molecule has 232 valence electrons. The van der Waals surface area contributed by atoms with Crippen LogP contribution in [0.2, 0.25) is 0 Å². The lowest BCUT2D eigenvalue weighted by Crippen LogP contribution is -2.50. The Hall–Kier alpha value is -3.86. The highest BCUT2D eigenvalue weighted by Crippen LogP contribution is 2.32. The van der Waals surface area contributed by atoms with Crippen LogP contribution in [0.5, 0.6) is 0 Å². The van der Waals surface area contributed by atoms with E-state index >= 15 is 0 Å². The summed E-state index contributed by atoms with van der Waals surface area (Å²) in [6.07, 6.45) is -2.84. The molecule has 3 aromatic rings. The van der Waals surface area contributed by atoms with Gasteiger partial charge in [-0.15, -0.1) is 0 Å². The molecule has 0 spiro atoms. The quantitative estimate of drug-likeness (QED) is 0.251. The van der Waals surface area contributed by atoms with Gasteiger partial charge in [-0.2, -0.15) is 13.2 Å². The van der Waals surface area contributed by atoms with Crippen molar-refractivity contribution in [1.29, 1.82) is 0 Å². The third kappa shape index (κ3) is 10.1. The van der Waals surface area contributed by atoms with Crippen LogP contribution in [0.3, 0.4) is 0 Å². The van der Waals surface area contributed by atoms with Crippen molar-refractivity contribution in [1.82, 2.24) is 10.2 Å². The van der Waals surface area contributed by atoms with E-state index in [0.29, 0.717) is 13.0 Å². The van der Waals surface area contributed by atoms with E-state index in [1.54, 1.807) is 0 Å². The summed E-state index contributed by atoms with van der Waals surface area (Å²) in [5, 5.41) is 2.91. The molecule has 0 aliphatic carbocycles. The van der Waals surface area contributed by atoms with E-state index in [9.17, 15) is 31.2 Å². The summed E-state index contributed by atoms with van der Waals surface area (Å²) in [5.74, 6) is -0.667. The van der Waals surface area contributed by atoms with Gasteiger partial charge in [0.1, 0.15) is 6.04 Å². The first kappa shape index (κ1) is 33.6. The summed E-state index contributed by atoms with van der Waals surface area (Å²) >= 11 is 0. The molecule has 0 fully saturated rings. The molecular formula is C32H38F3N3O4S. The number of hydrogen-bond donors (Lipinski definition) is 1. The zero-order valence-corrected chi connectivity index (χ0v) is 25.4. The Morgan fingerprint density at radius 3 is 2.23 bits per heavy atom. The molecule has 3 aromatic carbocycles. The van der Waals surface area contributed by atoms with Gasteiger partial charge in [0.2, 0.25) is 21.8 Å². The van der Waals surface area contributed by atoms with Crippen molar-refractivity contribution in [2.45, 2.75) is 58.3 Å². The molecule has 2 amide bonds. The van der Waals surface area contributed by atoms with E-state index in [4.69, 9.17) is 0 Å². The normalized spacial score (nSPS) is 12.4. The molecule has 0 bridgehead atoms. The highest BCUT2D eigenvalue weighted by atomic mass is 32.2. The Kier molecular flexibility index (Phi) is 11.8. The maximum absolute atomic E-state index is 13.8.